The molecule has 2 aromatic rings. The van der Waals surface area contributed by atoms with Crippen LogP contribution in [0.15, 0.2) is 51.4 Å². The van der Waals surface area contributed by atoms with Crippen molar-refractivity contribution in [3.05, 3.63) is 62.5 Å². The molecular weight excluding hydrogens is 394 g/mol. The molecule has 21 heavy (non-hydrogen) atoms. The van der Waals surface area contributed by atoms with Crippen LogP contribution in [0.2, 0.25) is 0 Å². The predicted molar refractivity (Wildman–Crippen MR) is 95.0 cm³/mol. The highest BCUT2D eigenvalue weighted by Crippen LogP contribution is 2.31. The Kier molecular flexibility index (Phi) is 6.27. The number of nitrogens with one attached hydrogen (secondary N) is 1. The average molecular weight is 413 g/mol. The van der Waals surface area contributed by atoms with Gasteiger partial charge in [-0.15, -0.1) is 0 Å². The highest BCUT2D eigenvalue weighted by molar-refractivity contribution is 9.11. The van der Waals surface area contributed by atoms with Gasteiger partial charge in [-0.3, -0.25) is 0 Å². The highest BCUT2D eigenvalue weighted by Gasteiger charge is 2.16. The van der Waals surface area contributed by atoms with Gasteiger partial charge in [0.1, 0.15) is 5.75 Å². The topological polar surface area (TPSA) is 21.3 Å². The van der Waals surface area contributed by atoms with Gasteiger partial charge in [0.05, 0.1) is 13.2 Å². The molecule has 2 aromatic carbocycles. The lowest BCUT2D eigenvalue weighted by Crippen LogP contribution is -2.23. The number of benzene rings is 2. The number of hydrogen-bond donors (Lipinski definition) is 1. The summed E-state index contributed by atoms with van der Waals surface area (Å²) in [5.41, 5.74) is 2.45. The minimum absolute atomic E-state index is 0.155. The van der Waals surface area contributed by atoms with Crippen LogP contribution in [0.4, 0.5) is 0 Å². The third kappa shape index (κ3) is 4.31. The predicted octanol–water partition coefficient (Wildman–Crippen LogP) is 5.31. The van der Waals surface area contributed by atoms with E-state index in [1.165, 1.54) is 11.1 Å². The quantitative estimate of drug-likeness (QED) is 0.694. The van der Waals surface area contributed by atoms with Crippen molar-refractivity contribution in [2.45, 2.75) is 19.4 Å². The van der Waals surface area contributed by atoms with E-state index in [9.17, 15) is 0 Å². The molecule has 0 fully saturated rings. The van der Waals surface area contributed by atoms with Crippen LogP contribution in [-0.2, 0) is 0 Å². The van der Waals surface area contributed by atoms with Crippen LogP contribution in [0.25, 0.3) is 0 Å². The second-order valence-electron chi connectivity index (χ2n) is 4.83. The SMILES string of the molecule is CCCNC(c1ccc(OC)cc1)c1cc(Br)ccc1Br. The van der Waals surface area contributed by atoms with E-state index in [2.05, 4.69) is 68.4 Å². The summed E-state index contributed by atoms with van der Waals surface area (Å²) in [4.78, 5) is 0. The number of rotatable bonds is 6. The summed E-state index contributed by atoms with van der Waals surface area (Å²) < 4.78 is 7.43. The molecule has 0 aromatic heterocycles. The molecule has 0 aliphatic rings. The van der Waals surface area contributed by atoms with Crippen LogP contribution < -0.4 is 10.1 Å². The van der Waals surface area contributed by atoms with Gasteiger partial charge in [-0.25, -0.2) is 0 Å². The molecule has 1 N–H and O–H groups in total. The summed E-state index contributed by atoms with van der Waals surface area (Å²) in [6, 6.07) is 14.6. The zero-order valence-electron chi connectivity index (χ0n) is 12.2. The van der Waals surface area contributed by atoms with Crippen LogP contribution in [0, 0.1) is 0 Å². The molecule has 1 atom stereocenters. The fourth-order valence-electron chi connectivity index (χ4n) is 2.23. The highest BCUT2D eigenvalue weighted by atomic mass is 79.9. The summed E-state index contributed by atoms with van der Waals surface area (Å²) in [6.07, 6.45) is 1.10. The first kappa shape index (κ1) is 16.5. The van der Waals surface area contributed by atoms with Gasteiger partial charge in [0, 0.05) is 8.95 Å². The molecule has 2 rings (SSSR count). The first-order chi connectivity index (χ1) is 10.2. The van der Waals surface area contributed by atoms with Crippen molar-refractivity contribution in [1.29, 1.82) is 0 Å². The van der Waals surface area contributed by atoms with Gasteiger partial charge in [-0.05, 0) is 54.4 Å². The van der Waals surface area contributed by atoms with Gasteiger partial charge in [-0.1, -0.05) is 50.9 Å². The van der Waals surface area contributed by atoms with Crippen molar-refractivity contribution in [2.24, 2.45) is 0 Å². The molecule has 0 aliphatic carbocycles. The van der Waals surface area contributed by atoms with Crippen LogP contribution in [0.1, 0.15) is 30.5 Å². The van der Waals surface area contributed by atoms with Gasteiger partial charge in [0.15, 0.2) is 0 Å². The maximum Gasteiger partial charge on any atom is 0.118 e. The molecule has 0 aliphatic heterocycles. The lowest BCUT2D eigenvalue weighted by atomic mass is 9.98. The third-order valence-corrected chi connectivity index (χ3v) is 4.53. The van der Waals surface area contributed by atoms with Crippen molar-refractivity contribution in [3.8, 4) is 5.75 Å². The Morgan fingerprint density at radius 1 is 1.10 bits per heavy atom. The van der Waals surface area contributed by atoms with E-state index < -0.39 is 0 Å². The Morgan fingerprint density at radius 3 is 2.43 bits per heavy atom. The summed E-state index contributed by atoms with van der Waals surface area (Å²) in [7, 11) is 1.69. The largest absolute Gasteiger partial charge is 0.497 e. The lowest BCUT2D eigenvalue weighted by Gasteiger charge is -2.21. The molecule has 0 radical (unpaired) electrons. The molecule has 112 valence electrons. The third-order valence-electron chi connectivity index (χ3n) is 3.32. The molecule has 2 nitrogen and oxygen atoms in total. The zero-order chi connectivity index (χ0) is 15.2. The first-order valence-electron chi connectivity index (χ1n) is 6.98. The van der Waals surface area contributed by atoms with Gasteiger partial charge in [0.2, 0.25) is 0 Å². The van der Waals surface area contributed by atoms with Crippen LogP contribution >= 0.6 is 31.9 Å². The number of hydrogen-bond acceptors (Lipinski definition) is 2. The van der Waals surface area contributed by atoms with E-state index in [0.29, 0.717) is 0 Å². The van der Waals surface area contributed by atoms with Crippen LogP contribution in [0.5, 0.6) is 5.75 Å². The number of ether oxygens (including phenoxy) is 1. The lowest BCUT2D eigenvalue weighted by molar-refractivity contribution is 0.414. The van der Waals surface area contributed by atoms with E-state index in [1.807, 2.05) is 18.2 Å². The fourth-order valence-corrected chi connectivity index (χ4v) is 3.08. The van der Waals surface area contributed by atoms with Gasteiger partial charge in [0.25, 0.3) is 0 Å². The Labute approximate surface area is 143 Å². The molecule has 0 spiro atoms. The Bertz CT molecular complexity index is 584. The van der Waals surface area contributed by atoms with Crippen molar-refractivity contribution >= 4 is 31.9 Å². The standard InChI is InChI=1S/C17H19Br2NO/c1-3-10-20-17(12-4-7-14(21-2)8-5-12)15-11-13(18)6-9-16(15)19/h4-9,11,17,20H,3,10H2,1-2H3. The van der Waals surface area contributed by atoms with Crippen molar-refractivity contribution in [3.63, 3.8) is 0 Å². The summed E-state index contributed by atoms with van der Waals surface area (Å²) in [6.45, 7) is 3.14. The molecule has 4 heteroatoms. The maximum absolute atomic E-state index is 5.24. The molecule has 0 bridgehead atoms. The van der Waals surface area contributed by atoms with Crippen LogP contribution in [-0.4, -0.2) is 13.7 Å². The fraction of sp³-hybridized carbons (Fsp3) is 0.294. The molecule has 1 unspecified atom stereocenters. The van der Waals surface area contributed by atoms with Crippen molar-refractivity contribution in [2.75, 3.05) is 13.7 Å². The van der Waals surface area contributed by atoms with Gasteiger partial charge >= 0.3 is 0 Å². The summed E-state index contributed by atoms with van der Waals surface area (Å²) in [5, 5.41) is 3.62. The van der Waals surface area contributed by atoms with E-state index in [1.54, 1.807) is 7.11 Å². The Morgan fingerprint density at radius 2 is 1.81 bits per heavy atom. The monoisotopic (exact) mass is 411 g/mol. The molecule has 0 amide bonds. The second kappa shape index (κ2) is 7.97. The molecule has 0 heterocycles. The second-order valence-corrected chi connectivity index (χ2v) is 6.60. The molecule has 0 saturated heterocycles. The minimum atomic E-state index is 0.155. The zero-order valence-corrected chi connectivity index (χ0v) is 15.4. The van der Waals surface area contributed by atoms with Gasteiger partial charge < -0.3 is 10.1 Å². The Hall–Kier alpha value is -0.840. The molecular formula is C17H19Br2NO. The Balaban J connectivity index is 2.38. The minimum Gasteiger partial charge on any atom is -0.497 e. The number of methoxy groups -OCH3 is 1. The average Bonchev–Trinajstić information content (AvgIpc) is 2.51. The van der Waals surface area contributed by atoms with Crippen molar-refractivity contribution in [1.82, 2.24) is 5.32 Å². The van der Waals surface area contributed by atoms with E-state index in [0.717, 1.165) is 27.7 Å². The summed E-state index contributed by atoms with van der Waals surface area (Å²) in [5.74, 6) is 0.876. The smallest absolute Gasteiger partial charge is 0.118 e. The van der Waals surface area contributed by atoms with Crippen LogP contribution in [0.3, 0.4) is 0 Å². The van der Waals surface area contributed by atoms with E-state index in [-0.39, 0.29) is 6.04 Å². The maximum atomic E-state index is 5.24. The molecule has 0 saturated carbocycles. The normalized spacial score (nSPS) is 12.2. The first-order valence-corrected chi connectivity index (χ1v) is 8.56. The van der Waals surface area contributed by atoms with Gasteiger partial charge in [-0.2, -0.15) is 0 Å². The van der Waals surface area contributed by atoms with E-state index >= 15 is 0 Å². The van der Waals surface area contributed by atoms with Crippen molar-refractivity contribution < 1.29 is 4.74 Å². The number of halogens is 2. The van der Waals surface area contributed by atoms with E-state index in [4.69, 9.17) is 4.74 Å². The summed E-state index contributed by atoms with van der Waals surface area (Å²) >= 11 is 7.22.